The van der Waals surface area contributed by atoms with E-state index in [0.29, 0.717) is 12.5 Å². The monoisotopic (exact) mass is 236 g/mol. The minimum absolute atomic E-state index is 0.114. The normalized spacial score (nSPS) is 17.5. The van der Waals surface area contributed by atoms with E-state index in [1.165, 1.54) is 0 Å². The molecule has 0 aromatic carbocycles. The van der Waals surface area contributed by atoms with Gasteiger partial charge < -0.3 is 10.6 Å². The van der Waals surface area contributed by atoms with E-state index in [9.17, 15) is 4.79 Å². The molecule has 0 saturated carbocycles. The summed E-state index contributed by atoms with van der Waals surface area (Å²) in [5, 5.41) is 10.3. The molecule has 2 N–H and O–H groups in total. The Bertz CT molecular complexity index is 384. The predicted octanol–water partition coefficient (Wildman–Crippen LogP) is -0.0657. The quantitative estimate of drug-likeness (QED) is 0.752. The molecule has 1 aliphatic rings. The molecule has 1 aromatic heterocycles. The van der Waals surface area contributed by atoms with Gasteiger partial charge in [-0.25, -0.2) is 0 Å². The van der Waals surface area contributed by atoms with E-state index in [0.717, 1.165) is 25.2 Å². The van der Waals surface area contributed by atoms with Gasteiger partial charge in [0.1, 0.15) is 0 Å². The molecule has 0 spiro atoms. The molecular weight excluding hydrogens is 216 g/mol. The van der Waals surface area contributed by atoms with Crippen molar-refractivity contribution < 1.29 is 4.79 Å². The summed E-state index contributed by atoms with van der Waals surface area (Å²) in [6.45, 7) is 4.63. The van der Waals surface area contributed by atoms with Crippen LogP contribution in [0.4, 0.5) is 0 Å². The number of nitrogens with zero attached hydrogens (tertiary/aromatic N) is 2. The van der Waals surface area contributed by atoms with Gasteiger partial charge in [-0.3, -0.25) is 9.48 Å². The fourth-order valence-corrected chi connectivity index (χ4v) is 2.00. The van der Waals surface area contributed by atoms with Crippen LogP contribution in [0.2, 0.25) is 0 Å². The average Bonchev–Trinajstić information content (AvgIpc) is 2.61. The lowest BCUT2D eigenvalue weighted by Gasteiger charge is -2.31. The highest BCUT2D eigenvalue weighted by Crippen LogP contribution is 2.15. The van der Waals surface area contributed by atoms with Gasteiger partial charge >= 0.3 is 0 Å². The molecule has 94 valence electrons. The van der Waals surface area contributed by atoms with Crippen LogP contribution in [0.15, 0.2) is 12.3 Å². The van der Waals surface area contributed by atoms with Gasteiger partial charge in [-0.1, -0.05) is 6.92 Å². The number of aromatic nitrogens is 2. The zero-order chi connectivity index (χ0) is 12.3. The third-order valence-corrected chi connectivity index (χ3v) is 3.54. The molecule has 1 aliphatic heterocycles. The Balaban J connectivity index is 1.71. The maximum absolute atomic E-state index is 11.8. The second-order valence-corrected chi connectivity index (χ2v) is 4.69. The first kappa shape index (κ1) is 12.1. The van der Waals surface area contributed by atoms with Gasteiger partial charge in [0.2, 0.25) is 5.91 Å². The van der Waals surface area contributed by atoms with Crippen LogP contribution in [0.25, 0.3) is 0 Å². The Morgan fingerprint density at radius 3 is 3.00 bits per heavy atom. The van der Waals surface area contributed by atoms with Gasteiger partial charge in [-0.05, 0) is 25.1 Å². The first-order valence-corrected chi connectivity index (χ1v) is 6.14. The van der Waals surface area contributed by atoms with Crippen molar-refractivity contribution in [1.29, 1.82) is 0 Å². The number of hydrogen-bond acceptors (Lipinski definition) is 3. The van der Waals surface area contributed by atoms with Gasteiger partial charge in [-0.2, -0.15) is 5.10 Å². The van der Waals surface area contributed by atoms with Crippen molar-refractivity contribution in [2.24, 2.45) is 18.9 Å². The maximum atomic E-state index is 11.8. The zero-order valence-corrected chi connectivity index (χ0v) is 10.4. The summed E-state index contributed by atoms with van der Waals surface area (Å²) in [6, 6.07) is 1.98. The second-order valence-electron chi connectivity index (χ2n) is 4.69. The SMILES string of the molecule is CC(C(=O)NCCc1ccnn1C)C1CNC1. The number of amides is 1. The van der Waals surface area contributed by atoms with Gasteiger partial charge in [0, 0.05) is 37.8 Å². The summed E-state index contributed by atoms with van der Waals surface area (Å²) < 4.78 is 1.84. The number of rotatable bonds is 5. The lowest BCUT2D eigenvalue weighted by atomic mass is 9.88. The Hall–Kier alpha value is -1.36. The molecule has 1 fully saturated rings. The van der Waals surface area contributed by atoms with Crippen molar-refractivity contribution in [2.45, 2.75) is 13.3 Å². The summed E-state index contributed by atoms with van der Waals surface area (Å²) in [6.07, 6.45) is 2.61. The predicted molar refractivity (Wildman–Crippen MR) is 65.4 cm³/mol. The van der Waals surface area contributed by atoms with Gasteiger partial charge in [0.05, 0.1) is 0 Å². The summed E-state index contributed by atoms with van der Waals surface area (Å²) in [7, 11) is 1.92. The van der Waals surface area contributed by atoms with E-state index in [2.05, 4.69) is 15.7 Å². The molecule has 2 rings (SSSR count). The van der Waals surface area contributed by atoms with E-state index in [1.54, 1.807) is 6.20 Å². The highest BCUT2D eigenvalue weighted by atomic mass is 16.1. The number of hydrogen-bond donors (Lipinski definition) is 2. The summed E-state index contributed by atoms with van der Waals surface area (Å²) in [5.74, 6) is 0.785. The number of aryl methyl sites for hydroxylation is 1. The Morgan fingerprint density at radius 1 is 1.71 bits per heavy atom. The highest BCUT2D eigenvalue weighted by Gasteiger charge is 2.28. The fourth-order valence-electron chi connectivity index (χ4n) is 2.00. The van der Waals surface area contributed by atoms with Crippen molar-refractivity contribution in [3.8, 4) is 0 Å². The summed E-state index contributed by atoms with van der Waals surface area (Å²) in [5.41, 5.74) is 1.14. The molecule has 1 atom stereocenters. The average molecular weight is 236 g/mol. The van der Waals surface area contributed by atoms with E-state index in [-0.39, 0.29) is 11.8 Å². The molecule has 5 heteroatoms. The molecule has 17 heavy (non-hydrogen) atoms. The van der Waals surface area contributed by atoms with Crippen molar-refractivity contribution in [2.75, 3.05) is 19.6 Å². The molecule has 1 amide bonds. The smallest absolute Gasteiger partial charge is 0.223 e. The van der Waals surface area contributed by atoms with Crippen LogP contribution in [-0.2, 0) is 18.3 Å². The first-order chi connectivity index (χ1) is 8.18. The molecule has 1 unspecified atom stereocenters. The van der Waals surface area contributed by atoms with Crippen LogP contribution in [0.5, 0.6) is 0 Å². The number of carbonyl (C=O) groups is 1. The van der Waals surface area contributed by atoms with Crippen molar-refractivity contribution >= 4 is 5.91 Å². The van der Waals surface area contributed by atoms with Crippen LogP contribution in [0.1, 0.15) is 12.6 Å². The van der Waals surface area contributed by atoms with Gasteiger partial charge in [-0.15, -0.1) is 0 Å². The third-order valence-electron chi connectivity index (χ3n) is 3.54. The third kappa shape index (κ3) is 2.85. The Morgan fingerprint density at radius 2 is 2.47 bits per heavy atom. The summed E-state index contributed by atoms with van der Waals surface area (Å²) >= 11 is 0. The van der Waals surface area contributed by atoms with E-state index < -0.39 is 0 Å². The molecule has 0 aliphatic carbocycles. The molecule has 1 aromatic rings. The molecule has 0 bridgehead atoms. The number of carbonyl (C=O) groups excluding carboxylic acids is 1. The Kier molecular flexibility index (Phi) is 3.78. The van der Waals surface area contributed by atoms with Crippen LogP contribution >= 0.6 is 0 Å². The minimum atomic E-state index is 0.114. The summed E-state index contributed by atoms with van der Waals surface area (Å²) in [4.78, 5) is 11.8. The zero-order valence-electron chi connectivity index (χ0n) is 10.4. The molecular formula is C12H20N4O. The lowest BCUT2D eigenvalue weighted by molar-refractivity contribution is -0.126. The van der Waals surface area contributed by atoms with Crippen molar-refractivity contribution in [3.63, 3.8) is 0 Å². The van der Waals surface area contributed by atoms with Crippen LogP contribution in [0, 0.1) is 11.8 Å². The minimum Gasteiger partial charge on any atom is -0.355 e. The topological polar surface area (TPSA) is 59.0 Å². The van der Waals surface area contributed by atoms with E-state index >= 15 is 0 Å². The van der Waals surface area contributed by atoms with Crippen molar-refractivity contribution in [3.05, 3.63) is 18.0 Å². The van der Waals surface area contributed by atoms with E-state index in [1.807, 2.05) is 24.7 Å². The first-order valence-electron chi connectivity index (χ1n) is 6.14. The van der Waals surface area contributed by atoms with E-state index in [4.69, 9.17) is 0 Å². The molecule has 2 heterocycles. The van der Waals surface area contributed by atoms with Gasteiger partial charge in [0.25, 0.3) is 0 Å². The van der Waals surface area contributed by atoms with Gasteiger partial charge in [0.15, 0.2) is 0 Å². The van der Waals surface area contributed by atoms with Crippen LogP contribution < -0.4 is 10.6 Å². The molecule has 5 nitrogen and oxygen atoms in total. The van der Waals surface area contributed by atoms with Crippen LogP contribution in [-0.4, -0.2) is 35.3 Å². The van der Waals surface area contributed by atoms with Crippen molar-refractivity contribution in [1.82, 2.24) is 20.4 Å². The Labute approximate surface area is 102 Å². The lowest BCUT2D eigenvalue weighted by Crippen LogP contribution is -2.49. The molecule has 0 radical (unpaired) electrons. The fraction of sp³-hybridized carbons (Fsp3) is 0.667. The largest absolute Gasteiger partial charge is 0.355 e. The highest BCUT2D eigenvalue weighted by molar-refractivity contribution is 5.78. The number of nitrogens with one attached hydrogen (secondary N) is 2. The van der Waals surface area contributed by atoms with Crippen LogP contribution in [0.3, 0.4) is 0 Å². The molecule has 1 saturated heterocycles. The second kappa shape index (κ2) is 5.31. The standard InChI is InChI=1S/C12H20N4O/c1-9(10-7-13-8-10)12(17)14-5-3-11-4-6-15-16(11)2/h4,6,9-10,13H,3,5,7-8H2,1-2H3,(H,14,17). The maximum Gasteiger partial charge on any atom is 0.223 e.